The van der Waals surface area contributed by atoms with E-state index in [9.17, 15) is 0 Å². The quantitative estimate of drug-likeness (QED) is 0.185. The zero-order chi connectivity index (χ0) is 34.7. The second-order valence-electron chi connectivity index (χ2n) is 15.9. The van der Waals surface area contributed by atoms with E-state index in [1.165, 1.54) is 54.4 Å². The fraction of sp³-hybridized carbons (Fsp3) is 0.208. The highest BCUT2D eigenvalue weighted by atomic mass is 16.3. The fourth-order valence-electron chi connectivity index (χ4n) is 11.4. The Morgan fingerprint density at radius 3 is 1.94 bits per heavy atom. The third-order valence-corrected chi connectivity index (χ3v) is 13.2. The van der Waals surface area contributed by atoms with Crippen LogP contribution in [0.5, 0.6) is 0 Å². The van der Waals surface area contributed by atoms with Gasteiger partial charge in [-0.25, -0.2) is 15.0 Å². The molecule has 0 amide bonds. The van der Waals surface area contributed by atoms with E-state index < -0.39 is 0 Å². The van der Waals surface area contributed by atoms with Crippen LogP contribution in [0.15, 0.2) is 138 Å². The van der Waals surface area contributed by atoms with E-state index >= 15 is 0 Å². The fourth-order valence-corrected chi connectivity index (χ4v) is 11.4. The molecule has 254 valence electrons. The van der Waals surface area contributed by atoms with Gasteiger partial charge < -0.3 is 4.42 Å². The molecule has 3 aromatic heterocycles. The van der Waals surface area contributed by atoms with Crippen LogP contribution in [0.2, 0.25) is 0 Å². The van der Waals surface area contributed by atoms with Gasteiger partial charge in [0.05, 0.1) is 0 Å². The van der Waals surface area contributed by atoms with Crippen LogP contribution in [0, 0.1) is 23.7 Å². The smallest absolute Gasteiger partial charge is 0.164 e. The lowest BCUT2D eigenvalue weighted by molar-refractivity contribution is -0.0400. The molecule has 5 aliphatic carbocycles. The van der Waals surface area contributed by atoms with Crippen molar-refractivity contribution in [2.75, 3.05) is 0 Å². The van der Waals surface area contributed by atoms with Gasteiger partial charge in [-0.3, -0.25) is 4.98 Å². The number of hydrogen-bond acceptors (Lipinski definition) is 5. The summed E-state index contributed by atoms with van der Waals surface area (Å²) in [5.74, 6) is 5.06. The largest absolute Gasteiger partial charge is 0.455 e. The zero-order valence-electron chi connectivity index (χ0n) is 29.2. The minimum Gasteiger partial charge on any atom is -0.455 e. The van der Waals surface area contributed by atoms with Crippen molar-refractivity contribution in [1.82, 2.24) is 19.9 Å². The minimum absolute atomic E-state index is 0.0121. The number of pyridine rings is 1. The maximum Gasteiger partial charge on any atom is 0.164 e. The van der Waals surface area contributed by atoms with Crippen molar-refractivity contribution in [2.45, 2.75) is 37.5 Å². The van der Waals surface area contributed by atoms with Gasteiger partial charge in [-0.05, 0) is 102 Å². The van der Waals surface area contributed by atoms with Gasteiger partial charge in [-0.15, -0.1) is 0 Å². The standard InChI is InChI=1S/C48H36N4O/c1-3-9-30(10-4-1)35-13-7-14-38-43-39(15-8-16-42(43)53-44(35)38)47-51-45(31-11-5-2-6-12-31)50-46(52-47)32-17-18-36-37-19-20-49-27-41(37)48(40(36)26-32)33-22-28-21-29(24-33)25-34(48)23-28/h1-20,26-29,33-34H,21-25H2. The van der Waals surface area contributed by atoms with Crippen LogP contribution in [0.25, 0.3) is 78.4 Å². The molecule has 0 saturated heterocycles. The highest BCUT2D eigenvalue weighted by molar-refractivity contribution is 6.15. The number of benzene rings is 5. The highest BCUT2D eigenvalue weighted by Gasteiger charge is 2.61. The molecule has 3 heterocycles. The first kappa shape index (κ1) is 29.6. The van der Waals surface area contributed by atoms with Crippen molar-refractivity contribution in [3.8, 4) is 56.4 Å². The summed E-state index contributed by atoms with van der Waals surface area (Å²) in [6, 6.07) is 42.6. The highest BCUT2D eigenvalue weighted by Crippen LogP contribution is 2.69. The lowest BCUT2D eigenvalue weighted by Crippen LogP contribution is -2.55. The molecule has 0 atom stereocenters. The Kier molecular flexibility index (Phi) is 6.17. The molecule has 4 bridgehead atoms. The van der Waals surface area contributed by atoms with E-state index in [1.54, 1.807) is 0 Å². The summed E-state index contributed by atoms with van der Waals surface area (Å²) in [5.41, 5.74) is 12.5. The number of para-hydroxylation sites is 1. The third kappa shape index (κ3) is 4.19. The second kappa shape index (κ2) is 11.0. The van der Waals surface area contributed by atoms with Crippen LogP contribution in [0.1, 0.15) is 43.2 Å². The van der Waals surface area contributed by atoms with Crippen LogP contribution in [-0.2, 0) is 5.41 Å². The van der Waals surface area contributed by atoms with Gasteiger partial charge in [0.25, 0.3) is 0 Å². The molecule has 0 unspecified atom stereocenters. The van der Waals surface area contributed by atoms with Gasteiger partial charge in [-0.1, -0.05) is 103 Å². The molecule has 0 aliphatic heterocycles. The summed E-state index contributed by atoms with van der Waals surface area (Å²) < 4.78 is 6.65. The molecule has 4 saturated carbocycles. The summed E-state index contributed by atoms with van der Waals surface area (Å²) in [4.78, 5) is 20.5. The number of aromatic nitrogens is 4. The van der Waals surface area contributed by atoms with Gasteiger partial charge in [0.1, 0.15) is 11.2 Å². The molecular formula is C48H36N4O. The molecule has 4 fully saturated rings. The Morgan fingerprint density at radius 1 is 0.509 bits per heavy atom. The zero-order valence-corrected chi connectivity index (χ0v) is 29.2. The lowest BCUT2D eigenvalue weighted by Gasteiger charge is -2.61. The normalized spacial score (nSPS) is 23.5. The van der Waals surface area contributed by atoms with Crippen molar-refractivity contribution in [3.63, 3.8) is 0 Å². The monoisotopic (exact) mass is 684 g/mol. The van der Waals surface area contributed by atoms with Crippen molar-refractivity contribution in [3.05, 3.63) is 145 Å². The Hall–Kier alpha value is -5.94. The van der Waals surface area contributed by atoms with E-state index in [0.29, 0.717) is 29.3 Å². The molecule has 53 heavy (non-hydrogen) atoms. The van der Waals surface area contributed by atoms with Gasteiger partial charge in [0.2, 0.25) is 0 Å². The average Bonchev–Trinajstić information content (AvgIpc) is 3.74. The summed E-state index contributed by atoms with van der Waals surface area (Å²) in [7, 11) is 0. The van der Waals surface area contributed by atoms with Crippen molar-refractivity contribution in [2.24, 2.45) is 23.7 Å². The van der Waals surface area contributed by atoms with Crippen LogP contribution >= 0.6 is 0 Å². The number of hydrogen-bond donors (Lipinski definition) is 0. The van der Waals surface area contributed by atoms with Gasteiger partial charge in [0.15, 0.2) is 17.5 Å². The number of fused-ring (bicyclic) bond motifs is 6. The molecule has 0 N–H and O–H groups in total. The van der Waals surface area contributed by atoms with Gasteiger partial charge in [0, 0.05) is 50.8 Å². The predicted molar refractivity (Wildman–Crippen MR) is 210 cm³/mol. The predicted octanol–water partition coefficient (Wildman–Crippen LogP) is 11.6. The molecule has 5 aromatic carbocycles. The Labute approximate surface area is 307 Å². The molecule has 5 nitrogen and oxygen atoms in total. The van der Waals surface area contributed by atoms with E-state index in [1.807, 2.05) is 42.6 Å². The van der Waals surface area contributed by atoms with E-state index in [4.69, 9.17) is 24.4 Å². The van der Waals surface area contributed by atoms with Crippen molar-refractivity contribution < 1.29 is 4.42 Å². The van der Waals surface area contributed by atoms with Gasteiger partial charge in [-0.2, -0.15) is 0 Å². The Bertz CT molecular complexity index is 2720. The van der Waals surface area contributed by atoms with Gasteiger partial charge >= 0.3 is 0 Å². The summed E-state index contributed by atoms with van der Waals surface area (Å²) in [5, 5.41) is 2.06. The maximum atomic E-state index is 6.65. The lowest BCUT2D eigenvalue weighted by atomic mass is 9.43. The third-order valence-electron chi connectivity index (χ3n) is 13.2. The summed E-state index contributed by atoms with van der Waals surface area (Å²) in [6.45, 7) is 0. The molecule has 0 radical (unpaired) electrons. The SMILES string of the molecule is c1ccc(-c2nc(-c3ccc4c(c3)C3(c5cnccc5-4)C4CC5CC(C4)CC3C5)nc(-c3cccc4oc5c(-c6ccccc6)cccc5c34)n2)cc1. The summed E-state index contributed by atoms with van der Waals surface area (Å²) >= 11 is 0. The molecule has 8 aromatic rings. The van der Waals surface area contributed by atoms with E-state index in [2.05, 4.69) is 91.1 Å². The van der Waals surface area contributed by atoms with Crippen LogP contribution in [0.3, 0.4) is 0 Å². The Morgan fingerprint density at radius 2 is 1.17 bits per heavy atom. The first-order chi connectivity index (χ1) is 26.2. The Balaban J connectivity index is 1.07. The number of furan rings is 1. The van der Waals surface area contributed by atoms with Crippen LogP contribution < -0.4 is 0 Å². The molecule has 1 spiro atoms. The summed E-state index contributed by atoms with van der Waals surface area (Å²) in [6.07, 6.45) is 10.9. The van der Waals surface area contributed by atoms with Crippen molar-refractivity contribution in [1.29, 1.82) is 0 Å². The first-order valence-corrected chi connectivity index (χ1v) is 19.1. The van der Waals surface area contributed by atoms with E-state index in [-0.39, 0.29) is 5.41 Å². The number of rotatable bonds is 4. The maximum absolute atomic E-state index is 6.65. The molecule has 13 rings (SSSR count). The number of nitrogens with zero attached hydrogens (tertiary/aromatic N) is 4. The average molecular weight is 685 g/mol. The molecule has 5 aliphatic rings. The van der Waals surface area contributed by atoms with Crippen molar-refractivity contribution >= 4 is 21.9 Å². The molecule has 5 heteroatoms. The topological polar surface area (TPSA) is 64.7 Å². The molecular weight excluding hydrogens is 649 g/mol. The first-order valence-electron chi connectivity index (χ1n) is 19.1. The van der Waals surface area contributed by atoms with Crippen LogP contribution in [0.4, 0.5) is 0 Å². The van der Waals surface area contributed by atoms with E-state index in [0.717, 1.165) is 61.6 Å². The van der Waals surface area contributed by atoms with Crippen LogP contribution in [-0.4, -0.2) is 19.9 Å². The minimum atomic E-state index is 0.0121. The second-order valence-corrected chi connectivity index (χ2v) is 15.9.